The normalized spacial score (nSPS) is 16.8. The molecule has 0 aromatic heterocycles. The van der Waals surface area contributed by atoms with Gasteiger partial charge in [-0.05, 0) is 18.9 Å². The number of hydrogen-bond donors (Lipinski definition) is 2. The van der Waals surface area contributed by atoms with E-state index in [4.69, 9.17) is 0 Å². The molecule has 0 unspecified atom stereocenters. The van der Waals surface area contributed by atoms with Gasteiger partial charge in [0.15, 0.2) is 0 Å². The van der Waals surface area contributed by atoms with E-state index >= 15 is 0 Å². The van der Waals surface area contributed by atoms with Crippen LogP contribution in [0.15, 0.2) is 18.2 Å². The van der Waals surface area contributed by atoms with Crippen LogP contribution in [0.4, 0.5) is 11.4 Å². The zero-order chi connectivity index (χ0) is 15.5. The van der Waals surface area contributed by atoms with Crippen molar-refractivity contribution in [3.05, 3.63) is 44.0 Å². The maximum atomic E-state index is 11.0. The van der Waals surface area contributed by atoms with E-state index in [1.807, 2.05) is 0 Å². The van der Waals surface area contributed by atoms with Gasteiger partial charge in [-0.25, -0.2) is 0 Å². The molecule has 2 rings (SSSR count). The molecule has 21 heavy (non-hydrogen) atoms. The van der Waals surface area contributed by atoms with Gasteiger partial charge in [0, 0.05) is 24.7 Å². The number of benzene rings is 1. The van der Waals surface area contributed by atoms with Gasteiger partial charge in [-0.1, -0.05) is 12.8 Å². The number of non-ortho nitro benzene ring substituents is 1. The lowest BCUT2D eigenvalue weighted by atomic mass is 10.0. The Morgan fingerprint density at radius 1 is 1.19 bits per heavy atom. The van der Waals surface area contributed by atoms with E-state index in [1.165, 1.54) is 12.1 Å². The van der Waals surface area contributed by atoms with Crippen molar-refractivity contribution in [2.75, 3.05) is 6.54 Å². The highest BCUT2D eigenvalue weighted by Crippen LogP contribution is 2.29. The zero-order valence-corrected chi connectivity index (χ0v) is 11.4. The first-order valence-corrected chi connectivity index (χ1v) is 6.76. The van der Waals surface area contributed by atoms with E-state index in [0.29, 0.717) is 12.1 Å². The molecular formula is C13H17N3O5. The molecule has 0 spiro atoms. The summed E-state index contributed by atoms with van der Waals surface area (Å²) in [4.78, 5) is 20.3. The third kappa shape index (κ3) is 3.73. The monoisotopic (exact) mass is 295 g/mol. The van der Waals surface area contributed by atoms with E-state index in [1.54, 1.807) is 0 Å². The summed E-state index contributed by atoms with van der Waals surface area (Å²) < 4.78 is 0. The minimum absolute atomic E-state index is 0.191. The molecule has 0 aliphatic heterocycles. The minimum atomic E-state index is -0.741. The summed E-state index contributed by atoms with van der Waals surface area (Å²) in [6.07, 6.45) is 3.41. The van der Waals surface area contributed by atoms with E-state index in [-0.39, 0.29) is 17.9 Å². The van der Waals surface area contributed by atoms with Gasteiger partial charge in [0.25, 0.3) is 11.4 Å². The molecule has 8 heteroatoms. The van der Waals surface area contributed by atoms with Gasteiger partial charge < -0.3 is 10.4 Å². The van der Waals surface area contributed by atoms with Crippen LogP contribution in [0.2, 0.25) is 0 Å². The smallest absolute Gasteiger partial charge is 0.280 e. The van der Waals surface area contributed by atoms with Crippen molar-refractivity contribution in [1.82, 2.24) is 5.32 Å². The third-order valence-electron chi connectivity index (χ3n) is 3.78. The highest BCUT2D eigenvalue weighted by atomic mass is 16.6. The van der Waals surface area contributed by atoms with Crippen molar-refractivity contribution in [3.8, 4) is 0 Å². The number of nitro benzene ring substituents is 2. The molecule has 1 aromatic carbocycles. The Balaban J connectivity index is 2.05. The van der Waals surface area contributed by atoms with Crippen LogP contribution in [-0.2, 0) is 6.54 Å². The molecule has 0 radical (unpaired) electrons. The van der Waals surface area contributed by atoms with Gasteiger partial charge in [-0.3, -0.25) is 20.2 Å². The molecule has 0 saturated heterocycles. The lowest BCUT2D eigenvalue weighted by molar-refractivity contribution is -0.394. The van der Waals surface area contributed by atoms with Crippen LogP contribution < -0.4 is 5.32 Å². The number of rotatable bonds is 6. The fraction of sp³-hybridized carbons (Fsp3) is 0.538. The van der Waals surface area contributed by atoms with Crippen LogP contribution in [0.25, 0.3) is 0 Å². The zero-order valence-electron chi connectivity index (χ0n) is 11.4. The molecule has 0 atom stereocenters. The topological polar surface area (TPSA) is 119 Å². The van der Waals surface area contributed by atoms with Gasteiger partial charge in [0.2, 0.25) is 0 Å². The van der Waals surface area contributed by atoms with Crippen molar-refractivity contribution >= 4 is 11.4 Å². The molecule has 2 N–H and O–H groups in total. The Morgan fingerprint density at radius 3 is 2.43 bits per heavy atom. The van der Waals surface area contributed by atoms with Crippen LogP contribution in [0, 0.1) is 20.2 Å². The summed E-state index contributed by atoms with van der Waals surface area (Å²) in [5.41, 5.74) is -0.961. The van der Waals surface area contributed by atoms with Crippen molar-refractivity contribution in [2.24, 2.45) is 0 Å². The van der Waals surface area contributed by atoms with Gasteiger partial charge in [0.05, 0.1) is 21.5 Å². The first-order valence-electron chi connectivity index (χ1n) is 6.76. The van der Waals surface area contributed by atoms with Crippen LogP contribution in [0.3, 0.4) is 0 Å². The predicted molar refractivity (Wildman–Crippen MR) is 74.9 cm³/mol. The van der Waals surface area contributed by atoms with E-state index in [0.717, 1.165) is 31.7 Å². The number of nitrogens with zero attached hydrogens (tertiary/aromatic N) is 2. The summed E-state index contributed by atoms with van der Waals surface area (Å²) in [6, 6.07) is 3.58. The maximum Gasteiger partial charge on any atom is 0.280 e. The molecule has 1 aliphatic rings. The number of nitrogens with one attached hydrogen (secondary N) is 1. The standard InChI is InChI=1S/C13H17N3O5/c17-13(5-1-2-6-13)9-14-8-10-3-4-11(15(18)19)7-12(10)16(20)21/h3-4,7,14,17H,1-2,5-6,8-9H2. The lowest BCUT2D eigenvalue weighted by Gasteiger charge is -2.22. The number of hydrogen-bond acceptors (Lipinski definition) is 6. The van der Waals surface area contributed by atoms with Gasteiger partial charge in [-0.2, -0.15) is 0 Å². The Bertz CT molecular complexity index is 555. The molecule has 1 saturated carbocycles. The first-order chi connectivity index (χ1) is 9.91. The fourth-order valence-corrected chi connectivity index (χ4v) is 2.62. The van der Waals surface area contributed by atoms with Crippen molar-refractivity contribution in [1.29, 1.82) is 0 Å². The summed E-state index contributed by atoms with van der Waals surface area (Å²) >= 11 is 0. The van der Waals surface area contributed by atoms with E-state index in [9.17, 15) is 25.3 Å². The molecule has 0 heterocycles. The van der Waals surface area contributed by atoms with Crippen LogP contribution in [0.5, 0.6) is 0 Å². The molecule has 1 aromatic rings. The fourth-order valence-electron chi connectivity index (χ4n) is 2.62. The largest absolute Gasteiger partial charge is 0.389 e. The third-order valence-corrected chi connectivity index (χ3v) is 3.78. The van der Waals surface area contributed by atoms with Gasteiger partial charge in [0.1, 0.15) is 0 Å². The van der Waals surface area contributed by atoms with E-state index < -0.39 is 15.4 Å². The van der Waals surface area contributed by atoms with Crippen molar-refractivity contribution < 1.29 is 15.0 Å². The SMILES string of the molecule is O=[N+]([O-])c1ccc(CNCC2(O)CCCC2)c([N+](=O)[O-])c1. The Labute approximate surface area is 121 Å². The first kappa shape index (κ1) is 15.3. The summed E-state index contributed by atoms with van der Waals surface area (Å²) in [5.74, 6) is 0. The summed E-state index contributed by atoms with van der Waals surface area (Å²) in [6.45, 7) is 0.553. The van der Waals surface area contributed by atoms with Crippen molar-refractivity contribution in [2.45, 2.75) is 37.8 Å². The molecule has 1 fully saturated rings. The van der Waals surface area contributed by atoms with Crippen LogP contribution in [0.1, 0.15) is 31.2 Å². The predicted octanol–water partition coefficient (Wildman–Crippen LogP) is 1.90. The second kappa shape index (κ2) is 6.15. The molecule has 8 nitrogen and oxygen atoms in total. The van der Waals surface area contributed by atoms with E-state index in [2.05, 4.69) is 5.32 Å². The Hall–Kier alpha value is -2.06. The number of aliphatic hydroxyl groups is 1. The van der Waals surface area contributed by atoms with Crippen LogP contribution >= 0.6 is 0 Å². The minimum Gasteiger partial charge on any atom is -0.389 e. The lowest BCUT2D eigenvalue weighted by Crippen LogP contribution is -2.37. The summed E-state index contributed by atoms with van der Waals surface area (Å²) in [7, 11) is 0. The Kier molecular flexibility index (Phi) is 4.49. The second-order valence-electron chi connectivity index (χ2n) is 5.36. The molecule has 114 valence electrons. The second-order valence-corrected chi connectivity index (χ2v) is 5.36. The van der Waals surface area contributed by atoms with Gasteiger partial charge in [-0.15, -0.1) is 0 Å². The molecular weight excluding hydrogens is 278 g/mol. The van der Waals surface area contributed by atoms with Gasteiger partial charge >= 0.3 is 0 Å². The summed E-state index contributed by atoms with van der Waals surface area (Å²) in [5, 5.41) is 34.8. The quantitative estimate of drug-likeness (QED) is 0.611. The molecule has 0 amide bonds. The molecule has 1 aliphatic carbocycles. The highest BCUT2D eigenvalue weighted by molar-refractivity contribution is 5.49. The van der Waals surface area contributed by atoms with Crippen molar-refractivity contribution in [3.63, 3.8) is 0 Å². The highest BCUT2D eigenvalue weighted by Gasteiger charge is 2.30. The molecule has 0 bridgehead atoms. The average molecular weight is 295 g/mol. The maximum absolute atomic E-state index is 11.0. The number of nitro groups is 2. The Morgan fingerprint density at radius 2 is 1.86 bits per heavy atom. The van der Waals surface area contributed by atoms with Crippen LogP contribution in [-0.4, -0.2) is 27.1 Å². The average Bonchev–Trinajstić information content (AvgIpc) is 2.85.